The van der Waals surface area contributed by atoms with Crippen LogP contribution in [0.5, 0.6) is 0 Å². The number of hydrogen-bond acceptors (Lipinski definition) is 5. The van der Waals surface area contributed by atoms with E-state index in [-0.39, 0.29) is 0 Å². The summed E-state index contributed by atoms with van der Waals surface area (Å²) in [6.45, 7) is 14.4. The van der Waals surface area contributed by atoms with Gasteiger partial charge in [0.25, 0.3) is 0 Å². The molecule has 0 atom stereocenters. The summed E-state index contributed by atoms with van der Waals surface area (Å²) in [7, 11) is 0. The SMILES string of the molecule is C=CCNC(=C)c1ccc(C)c(C#Cc2cnc3n2CCC=C3N/C(C=N)=C/NCCCC)c1. The Labute approximate surface area is 203 Å². The molecule has 1 aliphatic heterocycles. The fourth-order valence-electron chi connectivity index (χ4n) is 3.56. The predicted molar refractivity (Wildman–Crippen MR) is 142 cm³/mol. The maximum Gasteiger partial charge on any atom is 0.157 e. The van der Waals surface area contributed by atoms with Crippen LogP contribution in [0.2, 0.25) is 0 Å². The lowest BCUT2D eigenvalue weighted by Gasteiger charge is -2.18. The van der Waals surface area contributed by atoms with Gasteiger partial charge in [-0.05, 0) is 42.9 Å². The van der Waals surface area contributed by atoms with Crippen LogP contribution in [-0.4, -0.2) is 28.9 Å². The number of aryl methyl sites for hydroxylation is 1. The fraction of sp³-hybridized carbons (Fsp3) is 0.286. The molecule has 0 saturated heterocycles. The Morgan fingerprint density at radius 3 is 2.94 bits per heavy atom. The van der Waals surface area contributed by atoms with E-state index in [0.29, 0.717) is 12.2 Å². The molecule has 0 bridgehead atoms. The lowest BCUT2D eigenvalue weighted by molar-refractivity contribution is 0.669. The normalized spacial score (nSPS) is 12.5. The molecule has 1 aromatic carbocycles. The van der Waals surface area contributed by atoms with Crippen molar-refractivity contribution in [1.82, 2.24) is 25.5 Å². The van der Waals surface area contributed by atoms with Crippen LogP contribution in [-0.2, 0) is 6.54 Å². The molecule has 0 amide bonds. The van der Waals surface area contributed by atoms with Crippen molar-refractivity contribution in [1.29, 1.82) is 5.41 Å². The van der Waals surface area contributed by atoms with E-state index in [1.54, 1.807) is 0 Å². The maximum atomic E-state index is 7.73. The minimum atomic E-state index is 0.670. The summed E-state index contributed by atoms with van der Waals surface area (Å²) in [5.41, 5.74) is 6.41. The number of allylic oxidation sites excluding steroid dienone is 2. The summed E-state index contributed by atoms with van der Waals surface area (Å²) in [5, 5.41) is 17.6. The van der Waals surface area contributed by atoms with Gasteiger partial charge in [0.15, 0.2) is 5.82 Å². The highest BCUT2D eigenvalue weighted by Gasteiger charge is 2.17. The van der Waals surface area contributed by atoms with Crippen molar-refractivity contribution in [2.24, 2.45) is 0 Å². The minimum absolute atomic E-state index is 0.670. The van der Waals surface area contributed by atoms with E-state index in [9.17, 15) is 0 Å². The first kappa shape index (κ1) is 24.7. The number of rotatable bonds is 11. The second-order valence-electron chi connectivity index (χ2n) is 8.13. The van der Waals surface area contributed by atoms with E-state index < -0.39 is 0 Å². The zero-order valence-electron chi connectivity index (χ0n) is 20.2. The van der Waals surface area contributed by atoms with Gasteiger partial charge in [0, 0.05) is 43.3 Å². The molecule has 0 fully saturated rings. The van der Waals surface area contributed by atoms with E-state index in [1.165, 1.54) is 6.21 Å². The molecule has 2 heterocycles. The number of nitrogens with one attached hydrogen (secondary N) is 4. The van der Waals surface area contributed by atoms with Crippen molar-refractivity contribution < 1.29 is 0 Å². The van der Waals surface area contributed by atoms with Gasteiger partial charge in [-0.15, -0.1) is 6.58 Å². The Morgan fingerprint density at radius 1 is 1.32 bits per heavy atom. The number of fused-ring (bicyclic) bond motifs is 1. The lowest BCUT2D eigenvalue weighted by atomic mass is 10.0. The average molecular weight is 455 g/mol. The molecule has 176 valence electrons. The van der Waals surface area contributed by atoms with Crippen LogP contribution < -0.4 is 16.0 Å². The summed E-state index contributed by atoms with van der Waals surface area (Å²) in [5.74, 6) is 7.48. The highest BCUT2D eigenvalue weighted by atomic mass is 15.1. The summed E-state index contributed by atoms with van der Waals surface area (Å²) < 4.78 is 2.13. The topological polar surface area (TPSA) is 77.8 Å². The maximum absolute atomic E-state index is 7.73. The molecule has 0 aliphatic carbocycles. The molecule has 1 aliphatic rings. The lowest BCUT2D eigenvalue weighted by Crippen LogP contribution is -2.22. The number of unbranched alkanes of at least 4 members (excludes halogenated alkanes) is 1. The molecule has 34 heavy (non-hydrogen) atoms. The quantitative estimate of drug-likeness (QED) is 0.174. The molecule has 4 N–H and O–H groups in total. The summed E-state index contributed by atoms with van der Waals surface area (Å²) in [6, 6.07) is 6.18. The van der Waals surface area contributed by atoms with Gasteiger partial charge in [-0.2, -0.15) is 0 Å². The van der Waals surface area contributed by atoms with Crippen LogP contribution in [0.4, 0.5) is 0 Å². The van der Waals surface area contributed by atoms with Crippen molar-refractivity contribution in [2.45, 2.75) is 39.7 Å². The third kappa shape index (κ3) is 6.29. The Morgan fingerprint density at radius 2 is 2.18 bits per heavy atom. The number of nitrogens with zero attached hydrogens (tertiary/aromatic N) is 2. The van der Waals surface area contributed by atoms with Gasteiger partial charge in [0.2, 0.25) is 0 Å². The number of aromatic nitrogens is 2. The van der Waals surface area contributed by atoms with Gasteiger partial charge >= 0.3 is 0 Å². The van der Waals surface area contributed by atoms with Gasteiger partial charge in [-0.3, -0.25) is 0 Å². The molecular formula is C28H34N6. The van der Waals surface area contributed by atoms with Gasteiger partial charge in [0.05, 0.1) is 17.6 Å². The summed E-state index contributed by atoms with van der Waals surface area (Å²) >= 11 is 0. The van der Waals surface area contributed by atoms with Crippen LogP contribution in [0, 0.1) is 24.2 Å². The second-order valence-corrected chi connectivity index (χ2v) is 8.13. The summed E-state index contributed by atoms with van der Waals surface area (Å²) in [6.07, 6.45) is 12.0. The third-order valence-electron chi connectivity index (χ3n) is 5.54. The van der Waals surface area contributed by atoms with Gasteiger partial charge in [0.1, 0.15) is 5.69 Å². The Balaban J connectivity index is 1.79. The first-order valence-electron chi connectivity index (χ1n) is 11.7. The van der Waals surface area contributed by atoms with E-state index in [4.69, 9.17) is 5.41 Å². The Kier molecular flexibility index (Phi) is 8.93. The largest absolute Gasteiger partial charge is 0.389 e. The van der Waals surface area contributed by atoms with Crippen LogP contribution in [0.1, 0.15) is 54.4 Å². The molecule has 0 radical (unpaired) electrons. The van der Waals surface area contributed by atoms with Gasteiger partial charge < -0.3 is 25.9 Å². The van der Waals surface area contributed by atoms with Crippen molar-refractivity contribution in [3.05, 3.63) is 89.8 Å². The van der Waals surface area contributed by atoms with Crippen LogP contribution >= 0.6 is 0 Å². The van der Waals surface area contributed by atoms with Crippen molar-refractivity contribution in [3.8, 4) is 11.8 Å². The molecule has 1 aromatic heterocycles. The summed E-state index contributed by atoms with van der Waals surface area (Å²) in [4.78, 5) is 4.62. The molecule has 0 unspecified atom stereocenters. The molecule has 0 spiro atoms. The van der Waals surface area contributed by atoms with E-state index in [1.807, 2.05) is 24.5 Å². The third-order valence-corrected chi connectivity index (χ3v) is 5.54. The van der Waals surface area contributed by atoms with Crippen molar-refractivity contribution in [2.75, 3.05) is 13.1 Å². The van der Waals surface area contributed by atoms with Crippen molar-refractivity contribution >= 4 is 17.6 Å². The molecule has 6 heteroatoms. The van der Waals surface area contributed by atoms with Crippen LogP contribution in [0.3, 0.4) is 0 Å². The highest BCUT2D eigenvalue weighted by molar-refractivity contribution is 5.79. The monoisotopic (exact) mass is 454 g/mol. The zero-order chi connectivity index (χ0) is 24.3. The standard InChI is InChI=1S/C28H34N6/c1-5-7-15-30-19-25(18-29)33-27-9-8-16-34-26(20-32-28(27)34)13-12-23-17-24(11-10-21(23)3)22(4)31-14-6-2/h6,9-11,17-20,29-31,33H,2,4-5,7-8,14-16H2,1,3H3/b25-19+,29-18?. The fourth-order valence-corrected chi connectivity index (χ4v) is 3.56. The molecule has 0 saturated carbocycles. The first-order valence-corrected chi connectivity index (χ1v) is 11.7. The van der Waals surface area contributed by atoms with E-state index in [2.05, 4.69) is 82.6 Å². The first-order chi connectivity index (χ1) is 16.6. The molecule has 2 aromatic rings. The zero-order valence-corrected chi connectivity index (χ0v) is 20.2. The number of imidazole rings is 1. The van der Waals surface area contributed by atoms with Crippen LogP contribution in [0.25, 0.3) is 11.4 Å². The van der Waals surface area contributed by atoms with Gasteiger partial charge in [-0.25, -0.2) is 4.98 Å². The van der Waals surface area contributed by atoms with Crippen molar-refractivity contribution in [3.63, 3.8) is 0 Å². The molecular weight excluding hydrogens is 420 g/mol. The van der Waals surface area contributed by atoms with Crippen LogP contribution in [0.15, 0.2) is 61.6 Å². The van der Waals surface area contributed by atoms with E-state index in [0.717, 1.165) is 72.0 Å². The number of hydrogen-bond donors (Lipinski definition) is 4. The number of benzene rings is 1. The second kappa shape index (κ2) is 12.3. The van der Waals surface area contributed by atoms with E-state index >= 15 is 0 Å². The average Bonchev–Trinajstić information content (AvgIpc) is 3.27. The smallest absolute Gasteiger partial charge is 0.157 e. The molecule has 3 rings (SSSR count). The van der Waals surface area contributed by atoms with Gasteiger partial charge in [-0.1, -0.05) is 50.1 Å². The highest BCUT2D eigenvalue weighted by Crippen LogP contribution is 2.21. The predicted octanol–water partition coefficient (Wildman–Crippen LogP) is 4.55. The minimum Gasteiger partial charge on any atom is -0.389 e. The Hall–Kier alpha value is -3.98. The molecule has 6 nitrogen and oxygen atoms in total. The Bertz CT molecular complexity index is 1170.